The molecule has 9 heteroatoms. The van der Waals surface area contributed by atoms with Gasteiger partial charge < -0.3 is 33.3 Å². The molecule has 0 radical (unpaired) electrons. The maximum Gasteiger partial charge on any atom is 0.306 e. The largest absolute Gasteiger partial charge is 0.545 e. The second-order valence-corrected chi connectivity index (χ2v) is 23.7. The summed E-state index contributed by atoms with van der Waals surface area (Å²) in [5.41, 5.74) is 0. The number of likely N-dealkylation sites (N-methyl/N-ethyl adjacent to an activating group) is 1. The number of esters is 2. The highest BCUT2D eigenvalue weighted by Crippen LogP contribution is 2.15. The normalized spacial score (nSPS) is 13.9. The van der Waals surface area contributed by atoms with E-state index in [1.807, 2.05) is 21.1 Å². The summed E-state index contributed by atoms with van der Waals surface area (Å²) in [5, 5.41) is 11.8. The molecule has 0 fully saturated rings. The highest BCUT2D eigenvalue weighted by Gasteiger charge is 2.22. The van der Waals surface area contributed by atoms with Gasteiger partial charge >= 0.3 is 11.9 Å². The Morgan fingerprint density at radius 1 is 0.337 bits per heavy atom. The summed E-state index contributed by atoms with van der Waals surface area (Å²) in [7, 11) is 5.91. The van der Waals surface area contributed by atoms with Gasteiger partial charge in [-0.2, -0.15) is 0 Å². The first-order valence-electron chi connectivity index (χ1n) is 34.9. The predicted molar refractivity (Wildman–Crippen MR) is 379 cm³/mol. The maximum absolute atomic E-state index is 12.9. The fourth-order valence-electron chi connectivity index (χ4n) is 8.88. The Morgan fingerprint density at radius 2 is 0.607 bits per heavy atom. The molecule has 0 heterocycles. The van der Waals surface area contributed by atoms with Gasteiger partial charge in [0.1, 0.15) is 13.2 Å². The molecule has 0 amide bonds. The number of carbonyl (C=O) groups excluding carboxylic acids is 3. The van der Waals surface area contributed by atoms with Crippen LogP contribution in [0, 0.1) is 0 Å². The summed E-state index contributed by atoms with van der Waals surface area (Å²) in [6.07, 6.45) is 101. The minimum Gasteiger partial charge on any atom is -0.545 e. The summed E-state index contributed by atoms with van der Waals surface area (Å²) < 4.78 is 22.8. The van der Waals surface area contributed by atoms with Gasteiger partial charge in [0.05, 0.1) is 40.3 Å². The number of nitrogens with zero attached hydrogens (tertiary/aromatic N) is 1. The first kappa shape index (κ1) is 83.4. The van der Waals surface area contributed by atoms with E-state index in [2.05, 4.69) is 196 Å². The molecule has 0 saturated carbocycles. The van der Waals surface area contributed by atoms with Crippen molar-refractivity contribution in [2.24, 2.45) is 0 Å². The van der Waals surface area contributed by atoms with Crippen LogP contribution in [0.25, 0.3) is 0 Å². The van der Waals surface area contributed by atoms with Crippen LogP contribution in [0.5, 0.6) is 0 Å². The number of hydrogen-bond acceptors (Lipinski definition) is 8. The molecule has 0 aliphatic heterocycles. The van der Waals surface area contributed by atoms with E-state index in [1.165, 1.54) is 51.4 Å². The molecule has 89 heavy (non-hydrogen) atoms. The Bertz CT molecular complexity index is 2120. The van der Waals surface area contributed by atoms with E-state index < -0.39 is 24.3 Å². The van der Waals surface area contributed by atoms with Crippen LogP contribution in [0.15, 0.2) is 182 Å². The van der Waals surface area contributed by atoms with E-state index in [-0.39, 0.29) is 38.6 Å². The zero-order chi connectivity index (χ0) is 64.7. The smallest absolute Gasteiger partial charge is 0.306 e. The fourth-order valence-corrected chi connectivity index (χ4v) is 8.88. The standard InChI is InChI=1S/C80H127NO8/c1-6-8-10-12-14-16-18-20-22-24-26-28-30-32-34-35-36-37-38-39-40-41-42-43-45-47-49-51-53-55-57-59-61-63-65-67-69-71-78(83)89-76(75-88-80(79(84)85)86-73-72-81(3,4)5)74-87-77(82)70-68-66-64-62-60-58-56-54-52-50-48-46-44-33-31-29-27-25-23-21-19-17-15-13-11-9-7-2/h8-11,14-17,20-23,26-29,32-34,36-37,39-40,42-44,48,50,54,56,76,80H,6-7,12-13,18-19,24-25,30-31,35,38,41,45-47,49,51-53,55,57-75H2,1-5H3/b10-8-,11-9-,16-14-,17-15-,22-20-,23-21-,28-26-,29-27-,34-32-,37-36-,40-39-,43-42-,44-33-,50-48-,56-54-. The summed E-state index contributed by atoms with van der Waals surface area (Å²) in [6.45, 7) is 4.48. The molecule has 0 bridgehead atoms. The average molecular weight is 1230 g/mol. The van der Waals surface area contributed by atoms with Gasteiger partial charge in [0.15, 0.2) is 12.4 Å². The monoisotopic (exact) mass is 1230 g/mol. The first-order chi connectivity index (χ1) is 43.6. The summed E-state index contributed by atoms with van der Waals surface area (Å²) in [6, 6.07) is 0. The molecule has 0 aliphatic rings. The van der Waals surface area contributed by atoms with E-state index in [4.69, 9.17) is 18.9 Å². The van der Waals surface area contributed by atoms with E-state index >= 15 is 0 Å². The number of carbonyl (C=O) groups is 3. The third-order valence-electron chi connectivity index (χ3n) is 14.1. The number of hydrogen-bond donors (Lipinski definition) is 0. The average Bonchev–Trinajstić information content (AvgIpc) is 3.70. The molecule has 0 aromatic rings. The van der Waals surface area contributed by atoms with Crippen molar-refractivity contribution in [3.05, 3.63) is 182 Å². The summed E-state index contributed by atoms with van der Waals surface area (Å²) in [4.78, 5) is 37.5. The number of ether oxygens (including phenoxy) is 4. The molecule has 2 unspecified atom stereocenters. The van der Waals surface area contributed by atoms with Crippen molar-refractivity contribution in [1.82, 2.24) is 0 Å². The Kier molecular flexibility index (Phi) is 64.0. The van der Waals surface area contributed by atoms with Gasteiger partial charge in [0, 0.05) is 12.8 Å². The molecule has 0 saturated heterocycles. The molecule has 0 spiro atoms. The van der Waals surface area contributed by atoms with Gasteiger partial charge in [0.25, 0.3) is 0 Å². The van der Waals surface area contributed by atoms with E-state index in [9.17, 15) is 19.5 Å². The molecule has 0 aromatic heterocycles. The van der Waals surface area contributed by atoms with Crippen molar-refractivity contribution < 1.29 is 42.9 Å². The zero-order valence-corrected chi connectivity index (χ0v) is 57.0. The third kappa shape index (κ3) is 69.7. The minimum absolute atomic E-state index is 0.134. The van der Waals surface area contributed by atoms with Gasteiger partial charge in [-0.15, -0.1) is 0 Å². The third-order valence-corrected chi connectivity index (χ3v) is 14.1. The topological polar surface area (TPSA) is 111 Å². The van der Waals surface area contributed by atoms with Crippen LogP contribution in [0.3, 0.4) is 0 Å². The number of carboxylic acid groups (broad SMARTS) is 1. The number of unbranched alkanes of at least 4 members (excludes halogenated alkanes) is 17. The van der Waals surface area contributed by atoms with E-state index in [0.717, 1.165) is 154 Å². The van der Waals surface area contributed by atoms with Crippen molar-refractivity contribution >= 4 is 17.9 Å². The van der Waals surface area contributed by atoms with Gasteiger partial charge in [-0.05, 0) is 135 Å². The van der Waals surface area contributed by atoms with Crippen LogP contribution in [-0.4, -0.2) is 82.3 Å². The number of aliphatic carboxylic acids is 1. The van der Waals surface area contributed by atoms with Crippen LogP contribution in [0.4, 0.5) is 0 Å². The number of carboxylic acids is 1. The summed E-state index contributed by atoms with van der Waals surface area (Å²) in [5.74, 6) is -2.33. The number of quaternary nitrogens is 1. The van der Waals surface area contributed by atoms with Gasteiger partial charge in [-0.25, -0.2) is 0 Å². The minimum atomic E-state index is -1.64. The fraction of sp³-hybridized carbons (Fsp3) is 0.588. The van der Waals surface area contributed by atoms with Crippen LogP contribution in [-0.2, 0) is 33.3 Å². The van der Waals surface area contributed by atoms with Crippen LogP contribution in [0.1, 0.15) is 245 Å². The van der Waals surface area contributed by atoms with Crippen molar-refractivity contribution in [3.63, 3.8) is 0 Å². The lowest BCUT2D eigenvalue weighted by atomic mass is 10.0. The van der Waals surface area contributed by atoms with Gasteiger partial charge in [-0.1, -0.05) is 280 Å². The SMILES string of the molecule is CC/C=C\C/C=C\C/C=C\C/C=C\C/C=C\C/C=C\C/C=C\C/C=C\CCCCCCCCCCCCCCC(=O)OC(COC(=O)CCCCCCC/C=C\C/C=C\C/C=C\C/C=C\C/C=C\C/C=C\C/C=C\CC)COC(OCC[N+](C)(C)C)C(=O)[O-]. The molecular weight excluding hydrogens is 1100 g/mol. The van der Waals surface area contributed by atoms with Crippen LogP contribution >= 0.6 is 0 Å². The molecule has 0 aromatic carbocycles. The van der Waals surface area contributed by atoms with Crippen molar-refractivity contribution in [2.45, 2.75) is 257 Å². The van der Waals surface area contributed by atoms with Crippen molar-refractivity contribution in [1.29, 1.82) is 0 Å². The molecule has 9 nitrogen and oxygen atoms in total. The number of allylic oxidation sites excluding steroid dienone is 30. The molecular formula is C80H127NO8. The van der Waals surface area contributed by atoms with Crippen LogP contribution in [0.2, 0.25) is 0 Å². The maximum atomic E-state index is 12.9. The quantitative estimate of drug-likeness (QED) is 0.0195. The predicted octanol–water partition coefficient (Wildman–Crippen LogP) is 20.7. The second-order valence-electron chi connectivity index (χ2n) is 23.7. The van der Waals surface area contributed by atoms with Crippen molar-refractivity contribution in [3.8, 4) is 0 Å². The molecule has 500 valence electrons. The lowest BCUT2D eigenvalue weighted by molar-refractivity contribution is -0.870. The Morgan fingerprint density at radius 3 is 0.899 bits per heavy atom. The van der Waals surface area contributed by atoms with E-state index in [1.54, 1.807) is 0 Å². The van der Waals surface area contributed by atoms with Gasteiger partial charge in [0.2, 0.25) is 0 Å². The Labute approximate surface area is 545 Å². The molecule has 0 rings (SSSR count). The van der Waals surface area contributed by atoms with Gasteiger partial charge in [-0.3, -0.25) is 9.59 Å². The Balaban J connectivity index is 4.22. The lowest BCUT2D eigenvalue weighted by Gasteiger charge is -2.26. The zero-order valence-electron chi connectivity index (χ0n) is 57.0. The lowest BCUT2D eigenvalue weighted by Crippen LogP contribution is -2.44. The molecule has 2 atom stereocenters. The van der Waals surface area contributed by atoms with E-state index in [0.29, 0.717) is 23.9 Å². The summed E-state index contributed by atoms with van der Waals surface area (Å²) >= 11 is 0. The highest BCUT2D eigenvalue weighted by molar-refractivity contribution is 5.70. The second kappa shape index (κ2) is 68.3. The number of rotatable bonds is 62. The molecule has 0 N–H and O–H groups in total. The first-order valence-corrected chi connectivity index (χ1v) is 34.9. The molecule has 0 aliphatic carbocycles. The van der Waals surface area contributed by atoms with Crippen LogP contribution < -0.4 is 5.11 Å². The van der Waals surface area contributed by atoms with Crippen molar-refractivity contribution in [2.75, 3.05) is 47.5 Å². The Hall–Kier alpha value is -5.61. The highest BCUT2D eigenvalue weighted by atomic mass is 16.7.